The van der Waals surface area contributed by atoms with E-state index in [1.54, 1.807) is 24.6 Å². The first-order chi connectivity index (χ1) is 8.50. The molecule has 0 saturated carbocycles. The van der Waals surface area contributed by atoms with Crippen LogP contribution in [0.3, 0.4) is 0 Å². The van der Waals surface area contributed by atoms with Gasteiger partial charge in [0.2, 0.25) is 0 Å². The van der Waals surface area contributed by atoms with Crippen LogP contribution in [-0.2, 0) is 7.05 Å². The summed E-state index contributed by atoms with van der Waals surface area (Å²) >= 11 is 1.07. The van der Waals surface area contributed by atoms with Gasteiger partial charge in [-0.25, -0.2) is 9.18 Å². The minimum Gasteiger partial charge on any atom is -0.478 e. The molecule has 0 amide bonds. The first kappa shape index (κ1) is 12.6. The number of halogens is 1. The Balaban J connectivity index is 2.44. The molecule has 1 aromatic heterocycles. The quantitative estimate of drug-likeness (QED) is 0.922. The molecule has 0 unspecified atom stereocenters. The summed E-state index contributed by atoms with van der Waals surface area (Å²) in [5.41, 5.74) is -0.344. The van der Waals surface area contributed by atoms with Crippen molar-refractivity contribution in [1.29, 1.82) is 0 Å². The van der Waals surface area contributed by atoms with E-state index in [0.29, 0.717) is 15.9 Å². The monoisotopic (exact) mass is 267 g/mol. The third-order valence-corrected chi connectivity index (χ3v) is 3.54. The predicted octanol–water partition coefficient (Wildman–Crippen LogP) is 2.11. The van der Waals surface area contributed by atoms with Gasteiger partial charge in [-0.2, -0.15) is 0 Å². The molecule has 0 aliphatic carbocycles. The van der Waals surface area contributed by atoms with E-state index in [1.165, 1.54) is 6.07 Å². The van der Waals surface area contributed by atoms with Crippen molar-refractivity contribution in [1.82, 2.24) is 14.8 Å². The molecule has 0 radical (unpaired) electrons. The lowest BCUT2D eigenvalue weighted by molar-refractivity contribution is 0.0688. The van der Waals surface area contributed by atoms with Crippen LogP contribution in [0.15, 0.2) is 28.3 Å². The third kappa shape index (κ3) is 2.21. The molecule has 18 heavy (non-hydrogen) atoms. The highest BCUT2D eigenvalue weighted by molar-refractivity contribution is 7.99. The van der Waals surface area contributed by atoms with Crippen molar-refractivity contribution in [2.45, 2.75) is 17.0 Å². The Labute approximate surface area is 107 Å². The van der Waals surface area contributed by atoms with Gasteiger partial charge in [0.05, 0.1) is 0 Å². The van der Waals surface area contributed by atoms with Crippen molar-refractivity contribution in [2.24, 2.45) is 7.05 Å². The number of carboxylic acids is 1. The third-order valence-electron chi connectivity index (χ3n) is 2.44. The summed E-state index contributed by atoms with van der Waals surface area (Å²) in [5.74, 6) is -1.35. The topological polar surface area (TPSA) is 68.0 Å². The number of nitrogens with zero attached hydrogens (tertiary/aromatic N) is 3. The van der Waals surface area contributed by atoms with Crippen molar-refractivity contribution in [3.63, 3.8) is 0 Å². The van der Waals surface area contributed by atoms with Crippen LogP contribution in [0.1, 0.15) is 16.2 Å². The number of aromatic carboxylic acids is 1. The molecule has 1 heterocycles. The van der Waals surface area contributed by atoms with Crippen molar-refractivity contribution in [3.8, 4) is 0 Å². The van der Waals surface area contributed by atoms with Crippen LogP contribution < -0.4 is 0 Å². The molecule has 5 nitrogen and oxygen atoms in total. The maximum atomic E-state index is 13.5. The Morgan fingerprint density at radius 2 is 2.17 bits per heavy atom. The Morgan fingerprint density at radius 3 is 2.72 bits per heavy atom. The largest absolute Gasteiger partial charge is 0.478 e. The SMILES string of the molecule is Cc1nnc(Sc2cccc(F)c2C(=O)O)n1C. The molecule has 0 bridgehead atoms. The van der Waals surface area contributed by atoms with E-state index in [0.717, 1.165) is 17.8 Å². The number of aromatic nitrogens is 3. The number of rotatable bonds is 3. The molecule has 2 aromatic rings. The minimum atomic E-state index is -1.30. The number of hydrogen-bond donors (Lipinski definition) is 1. The fourth-order valence-corrected chi connectivity index (χ4v) is 2.35. The summed E-state index contributed by atoms with van der Waals surface area (Å²) in [6.45, 7) is 1.78. The number of carboxylic acid groups (broad SMARTS) is 1. The zero-order valence-electron chi connectivity index (χ0n) is 9.72. The fourth-order valence-electron chi connectivity index (χ4n) is 1.37. The van der Waals surface area contributed by atoms with Crippen molar-refractivity contribution in [2.75, 3.05) is 0 Å². The molecule has 0 aliphatic rings. The second-order valence-corrected chi connectivity index (χ2v) is 4.62. The smallest absolute Gasteiger partial charge is 0.339 e. The van der Waals surface area contributed by atoms with Crippen molar-refractivity contribution < 1.29 is 14.3 Å². The summed E-state index contributed by atoms with van der Waals surface area (Å²) in [7, 11) is 1.76. The number of aryl methyl sites for hydroxylation is 1. The van der Waals surface area contributed by atoms with E-state index in [-0.39, 0.29) is 5.56 Å². The molecule has 2 rings (SSSR count). The molecule has 0 atom stereocenters. The summed E-state index contributed by atoms with van der Waals surface area (Å²) in [4.78, 5) is 11.3. The van der Waals surface area contributed by atoms with Crippen LogP contribution in [0.25, 0.3) is 0 Å². The Morgan fingerprint density at radius 1 is 1.44 bits per heavy atom. The number of hydrogen-bond acceptors (Lipinski definition) is 4. The van der Waals surface area contributed by atoms with Gasteiger partial charge in [0.25, 0.3) is 0 Å². The number of benzene rings is 1. The van der Waals surface area contributed by atoms with Gasteiger partial charge in [0, 0.05) is 11.9 Å². The molecule has 0 fully saturated rings. The molecule has 0 aliphatic heterocycles. The molecular weight excluding hydrogens is 257 g/mol. The Kier molecular flexibility index (Phi) is 3.33. The summed E-state index contributed by atoms with van der Waals surface area (Å²) in [6, 6.07) is 4.13. The zero-order valence-corrected chi connectivity index (χ0v) is 10.5. The van der Waals surface area contributed by atoms with E-state index in [2.05, 4.69) is 10.2 Å². The van der Waals surface area contributed by atoms with Gasteiger partial charge < -0.3 is 9.67 Å². The molecular formula is C11H10FN3O2S. The lowest BCUT2D eigenvalue weighted by Crippen LogP contribution is -2.03. The van der Waals surface area contributed by atoms with Gasteiger partial charge in [-0.05, 0) is 30.8 Å². The highest BCUT2D eigenvalue weighted by atomic mass is 32.2. The highest BCUT2D eigenvalue weighted by Gasteiger charge is 2.18. The molecule has 1 N–H and O–H groups in total. The predicted molar refractivity (Wildman–Crippen MR) is 63.2 cm³/mol. The van der Waals surface area contributed by atoms with E-state index >= 15 is 0 Å². The second kappa shape index (κ2) is 4.77. The van der Waals surface area contributed by atoms with Crippen LogP contribution in [0.4, 0.5) is 4.39 Å². The average molecular weight is 267 g/mol. The normalized spacial score (nSPS) is 10.6. The zero-order chi connectivity index (χ0) is 13.3. The van der Waals surface area contributed by atoms with Crippen molar-refractivity contribution >= 4 is 17.7 Å². The second-order valence-electron chi connectivity index (χ2n) is 3.61. The van der Waals surface area contributed by atoms with Gasteiger partial charge in [0.1, 0.15) is 17.2 Å². The van der Waals surface area contributed by atoms with Crippen LogP contribution in [0.5, 0.6) is 0 Å². The summed E-state index contributed by atoms with van der Waals surface area (Å²) < 4.78 is 15.2. The first-order valence-electron chi connectivity index (χ1n) is 5.06. The molecule has 94 valence electrons. The maximum Gasteiger partial charge on any atom is 0.339 e. The molecule has 1 aromatic carbocycles. The van der Waals surface area contributed by atoms with E-state index < -0.39 is 11.8 Å². The van der Waals surface area contributed by atoms with Crippen LogP contribution >= 0.6 is 11.8 Å². The van der Waals surface area contributed by atoms with E-state index in [9.17, 15) is 9.18 Å². The van der Waals surface area contributed by atoms with Crippen LogP contribution in [0, 0.1) is 12.7 Å². The highest BCUT2D eigenvalue weighted by Crippen LogP contribution is 2.30. The molecule has 7 heteroatoms. The summed E-state index contributed by atoms with van der Waals surface area (Å²) in [5, 5.41) is 17.3. The lowest BCUT2D eigenvalue weighted by atomic mass is 10.2. The maximum absolute atomic E-state index is 13.5. The number of carbonyl (C=O) groups is 1. The van der Waals surface area contributed by atoms with Crippen molar-refractivity contribution in [3.05, 3.63) is 35.4 Å². The summed E-state index contributed by atoms with van der Waals surface area (Å²) in [6.07, 6.45) is 0. The first-order valence-corrected chi connectivity index (χ1v) is 5.88. The fraction of sp³-hybridized carbons (Fsp3) is 0.182. The van der Waals surface area contributed by atoms with E-state index in [1.807, 2.05) is 0 Å². The van der Waals surface area contributed by atoms with Gasteiger partial charge >= 0.3 is 5.97 Å². The Bertz CT molecular complexity index is 612. The van der Waals surface area contributed by atoms with Crippen LogP contribution in [0.2, 0.25) is 0 Å². The van der Waals surface area contributed by atoms with E-state index in [4.69, 9.17) is 5.11 Å². The van der Waals surface area contributed by atoms with Gasteiger partial charge in [0.15, 0.2) is 5.16 Å². The minimum absolute atomic E-state index is 0.304. The standard InChI is InChI=1S/C11H10FN3O2S/c1-6-13-14-11(15(6)2)18-8-5-3-4-7(12)9(8)10(16)17/h3-5H,1-2H3,(H,16,17). The Hall–Kier alpha value is -1.89. The van der Waals surface area contributed by atoms with Crippen LogP contribution in [-0.4, -0.2) is 25.8 Å². The van der Waals surface area contributed by atoms with Gasteiger partial charge in [-0.1, -0.05) is 6.07 Å². The average Bonchev–Trinajstić information content (AvgIpc) is 2.60. The molecule has 0 spiro atoms. The van der Waals surface area contributed by atoms with Gasteiger partial charge in [-0.15, -0.1) is 10.2 Å². The van der Waals surface area contributed by atoms with Gasteiger partial charge in [-0.3, -0.25) is 0 Å². The lowest BCUT2D eigenvalue weighted by Gasteiger charge is -2.06. The molecule has 0 saturated heterocycles.